The molecule has 1 heteroatoms. The average molecular weight is 140 g/mol. The second-order valence-electron chi connectivity index (χ2n) is 4.16. The Balaban J connectivity index is 1.93. The summed E-state index contributed by atoms with van der Waals surface area (Å²) in [4.78, 5) is 0. The Hall–Kier alpha value is -0.0400. The van der Waals surface area contributed by atoms with E-state index in [9.17, 15) is 0 Å². The molecule has 2 rings (SSSR count). The van der Waals surface area contributed by atoms with Crippen LogP contribution >= 0.6 is 0 Å². The van der Waals surface area contributed by atoms with Gasteiger partial charge in [-0.25, -0.2) is 0 Å². The Labute approximate surface area is 62.8 Å². The van der Waals surface area contributed by atoms with Crippen LogP contribution < -0.4 is 0 Å². The molecule has 58 valence electrons. The molecule has 0 aromatic rings. The molecule has 0 aromatic carbocycles. The van der Waals surface area contributed by atoms with Gasteiger partial charge in [-0.15, -0.1) is 0 Å². The standard InChI is InChI=1S/C9H16O/c1-7(2)6-9-5-3-4-8(9)10-9/h7-8H,3-6H2,1-2H3. The molecule has 2 fully saturated rings. The monoisotopic (exact) mass is 140 g/mol. The van der Waals surface area contributed by atoms with Gasteiger partial charge in [0.05, 0.1) is 11.7 Å². The largest absolute Gasteiger partial charge is 0.366 e. The predicted molar refractivity (Wildman–Crippen MR) is 40.9 cm³/mol. The topological polar surface area (TPSA) is 12.5 Å². The van der Waals surface area contributed by atoms with Crippen molar-refractivity contribution >= 4 is 0 Å². The van der Waals surface area contributed by atoms with Gasteiger partial charge in [-0.2, -0.15) is 0 Å². The second kappa shape index (κ2) is 1.97. The van der Waals surface area contributed by atoms with E-state index in [0.717, 1.165) is 5.92 Å². The number of fused-ring (bicyclic) bond motifs is 1. The lowest BCUT2D eigenvalue weighted by molar-refractivity contribution is 0.225. The van der Waals surface area contributed by atoms with Crippen LogP contribution in [-0.4, -0.2) is 11.7 Å². The van der Waals surface area contributed by atoms with Crippen LogP contribution in [0.25, 0.3) is 0 Å². The Morgan fingerprint density at radius 1 is 1.60 bits per heavy atom. The first-order valence-electron chi connectivity index (χ1n) is 4.41. The molecule has 10 heavy (non-hydrogen) atoms. The lowest BCUT2D eigenvalue weighted by Gasteiger charge is -2.10. The van der Waals surface area contributed by atoms with Gasteiger partial charge in [-0.05, 0) is 31.6 Å². The Kier molecular flexibility index (Phi) is 1.31. The number of epoxide rings is 1. The first kappa shape index (κ1) is 6.66. The highest BCUT2D eigenvalue weighted by atomic mass is 16.6. The molecule has 0 aromatic heterocycles. The van der Waals surface area contributed by atoms with E-state index < -0.39 is 0 Å². The molecule has 0 amide bonds. The highest BCUT2D eigenvalue weighted by Gasteiger charge is 2.58. The van der Waals surface area contributed by atoms with Crippen LogP contribution in [0.3, 0.4) is 0 Å². The summed E-state index contributed by atoms with van der Waals surface area (Å²) in [5.74, 6) is 0.808. The van der Waals surface area contributed by atoms with Crippen LogP contribution in [0.1, 0.15) is 39.5 Å². The SMILES string of the molecule is CC(C)CC12CCCC1O2. The fraction of sp³-hybridized carbons (Fsp3) is 1.00. The summed E-state index contributed by atoms with van der Waals surface area (Å²) >= 11 is 0. The van der Waals surface area contributed by atoms with Crippen molar-refractivity contribution in [2.75, 3.05) is 0 Å². The van der Waals surface area contributed by atoms with Gasteiger partial charge in [0.1, 0.15) is 0 Å². The molecule has 1 saturated carbocycles. The fourth-order valence-electron chi connectivity index (χ4n) is 2.35. The van der Waals surface area contributed by atoms with Gasteiger partial charge < -0.3 is 4.74 Å². The average Bonchev–Trinajstić information content (AvgIpc) is 2.33. The molecule has 0 radical (unpaired) electrons. The van der Waals surface area contributed by atoms with E-state index in [4.69, 9.17) is 4.74 Å². The first-order valence-corrected chi connectivity index (χ1v) is 4.41. The molecule has 0 spiro atoms. The summed E-state index contributed by atoms with van der Waals surface area (Å²) in [5, 5.41) is 0. The number of hydrogen-bond donors (Lipinski definition) is 0. The van der Waals surface area contributed by atoms with Crippen molar-refractivity contribution < 1.29 is 4.74 Å². The summed E-state index contributed by atoms with van der Waals surface area (Å²) in [6.45, 7) is 4.57. The molecular formula is C9H16O. The number of hydrogen-bond acceptors (Lipinski definition) is 1. The molecule has 1 aliphatic heterocycles. The van der Waals surface area contributed by atoms with E-state index in [2.05, 4.69) is 13.8 Å². The van der Waals surface area contributed by atoms with Crippen molar-refractivity contribution in [2.24, 2.45) is 5.92 Å². The third-order valence-electron chi connectivity index (χ3n) is 2.73. The quantitative estimate of drug-likeness (QED) is 0.536. The maximum Gasteiger partial charge on any atom is 0.0950 e. The highest BCUT2D eigenvalue weighted by Crippen LogP contribution is 2.53. The molecule has 1 heterocycles. The molecule has 2 aliphatic rings. The lowest BCUT2D eigenvalue weighted by Crippen LogP contribution is -2.12. The normalized spacial score (nSPS) is 44.1. The molecule has 2 atom stereocenters. The zero-order valence-corrected chi connectivity index (χ0v) is 6.89. The van der Waals surface area contributed by atoms with E-state index in [1.165, 1.54) is 25.7 Å². The zero-order chi connectivity index (χ0) is 7.19. The van der Waals surface area contributed by atoms with E-state index >= 15 is 0 Å². The molecule has 0 N–H and O–H groups in total. The maximum absolute atomic E-state index is 5.65. The minimum absolute atomic E-state index is 0.383. The molecule has 1 nitrogen and oxygen atoms in total. The minimum Gasteiger partial charge on any atom is -0.366 e. The van der Waals surface area contributed by atoms with Crippen LogP contribution in [0, 0.1) is 5.92 Å². The molecule has 2 unspecified atom stereocenters. The van der Waals surface area contributed by atoms with Crippen LogP contribution in [0.15, 0.2) is 0 Å². The van der Waals surface area contributed by atoms with E-state index in [1.54, 1.807) is 0 Å². The Morgan fingerprint density at radius 2 is 2.40 bits per heavy atom. The van der Waals surface area contributed by atoms with Crippen molar-refractivity contribution in [3.05, 3.63) is 0 Å². The lowest BCUT2D eigenvalue weighted by atomic mass is 9.95. The van der Waals surface area contributed by atoms with Crippen LogP contribution in [0.5, 0.6) is 0 Å². The summed E-state index contributed by atoms with van der Waals surface area (Å²) in [5.41, 5.74) is 0.383. The second-order valence-corrected chi connectivity index (χ2v) is 4.16. The van der Waals surface area contributed by atoms with Crippen molar-refractivity contribution in [3.63, 3.8) is 0 Å². The third-order valence-corrected chi connectivity index (χ3v) is 2.73. The van der Waals surface area contributed by atoms with Gasteiger partial charge in [0.15, 0.2) is 0 Å². The number of rotatable bonds is 2. The van der Waals surface area contributed by atoms with Crippen LogP contribution in [0.2, 0.25) is 0 Å². The highest BCUT2D eigenvalue weighted by molar-refractivity contribution is 5.07. The Bertz CT molecular complexity index is 142. The summed E-state index contributed by atoms with van der Waals surface area (Å²) in [6, 6.07) is 0. The van der Waals surface area contributed by atoms with Crippen LogP contribution in [0.4, 0.5) is 0 Å². The van der Waals surface area contributed by atoms with Crippen molar-refractivity contribution in [3.8, 4) is 0 Å². The van der Waals surface area contributed by atoms with Gasteiger partial charge in [0.2, 0.25) is 0 Å². The van der Waals surface area contributed by atoms with Crippen molar-refractivity contribution in [1.29, 1.82) is 0 Å². The van der Waals surface area contributed by atoms with E-state index in [-0.39, 0.29) is 0 Å². The maximum atomic E-state index is 5.65. The van der Waals surface area contributed by atoms with E-state index in [1.807, 2.05) is 0 Å². The summed E-state index contributed by atoms with van der Waals surface area (Å²) in [7, 11) is 0. The summed E-state index contributed by atoms with van der Waals surface area (Å²) in [6.07, 6.45) is 6.01. The van der Waals surface area contributed by atoms with Crippen molar-refractivity contribution in [2.45, 2.75) is 51.2 Å². The molecule has 1 aliphatic carbocycles. The van der Waals surface area contributed by atoms with Crippen molar-refractivity contribution in [1.82, 2.24) is 0 Å². The number of ether oxygens (including phenoxy) is 1. The van der Waals surface area contributed by atoms with Crippen LogP contribution in [-0.2, 0) is 4.74 Å². The fourth-order valence-corrected chi connectivity index (χ4v) is 2.35. The summed E-state index contributed by atoms with van der Waals surface area (Å²) < 4.78 is 5.65. The van der Waals surface area contributed by atoms with Gasteiger partial charge in [0, 0.05) is 0 Å². The molecule has 0 bridgehead atoms. The minimum atomic E-state index is 0.383. The Morgan fingerprint density at radius 3 is 2.80 bits per heavy atom. The molecule has 1 saturated heterocycles. The predicted octanol–water partition coefficient (Wildman–Crippen LogP) is 2.35. The smallest absolute Gasteiger partial charge is 0.0950 e. The van der Waals surface area contributed by atoms with Gasteiger partial charge in [0.25, 0.3) is 0 Å². The first-order chi connectivity index (χ1) is 4.73. The third kappa shape index (κ3) is 0.878. The molecular weight excluding hydrogens is 124 g/mol. The van der Waals surface area contributed by atoms with Gasteiger partial charge in [-0.1, -0.05) is 13.8 Å². The zero-order valence-electron chi connectivity index (χ0n) is 6.89. The van der Waals surface area contributed by atoms with E-state index in [0.29, 0.717) is 11.7 Å². The van der Waals surface area contributed by atoms with Gasteiger partial charge >= 0.3 is 0 Å². The van der Waals surface area contributed by atoms with Gasteiger partial charge in [-0.3, -0.25) is 0 Å².